The van der Waals surface area contributed by atoms with Crippen molar-refractivity contribution < 1.29 is 48.9 Å². The third-order valence-corrected chi connectivity index (χ3v) is 4.76. The van der Waals surface area contributed by atoms with E-state index in [1.165, 1.54) is 0 Å². The van der Waals surface area contributed by atoms with Crippen molar-refractivity contribution in [1.82, 2.24) is 16.0 Å². The standard InChI is InChI=1S/C18H29N5O10S/c19-8(1-5-13(25)26)15(29)21-9(2-4-12(20)24)16(30)22-10(3-6-14(27)28)17(31)23-11(7-34)18(32)33/h8-11,34H,1-7,19H2,(H2,20,24)(H,21,29)(H,22,30)(H,23,31)(H,25,26)(H,27,28)(H,32,33). The van der Waals surface area contributed by atoms with E-state index in [4.69, 9.17) is 26.8 Å². The molecule has 0 spiro atoms. The molecule has 0 aliphatic rings. The zero-order chi connectivity index (χ0) is 26.4. The number of nitrogens with one attached hydrogen (secondary N) is 3. The third kappa shape index (κ3) is 12.6. The molecule has 15 nitrogen and oxygen atoms in total. The predicted octanol–water partition coefficient (Wildman–Crippen LogP) is -3.22. The summed E-state index contributed by atoms with van der Waals surface area (Å²) in [5, 5.41) is 33.2. The normalized spacial score (nSPS) is 14.1. The summed E-state index contributed by atoms with van der Waals surface area (Å²) in [7, 11) is 0. The molecule has 0 rings (SSSR count). The molecule has 0 radical (unpaired) electrons. The molecule has 0 bridgehead atoms. The predicted molar refractivity (Wildman–Crippen MR) is 117 cm³/mol. The zero-order valence-electron chi connectivity index (χ0n) is 18.1. The molecule has 4 atom stereocenters. The van der Waals surface area contributed by atoms with E-state index in [2.05, 4.69) is 28.6 Å². The molecular weight excluding hydrogens is 478 g/mol. The van der Waals surface area contributed by atoms with E-state index in [1.807, 2.05) is 0 Å². The van der Waals surface area contributed by atoms with Gasteiger partial charge in [0.2, 0.25) is 23.6 Å². The monoisotopic (exact) mass is 507 g/mol. The first-order chi connectivity index (χ1) is 15.8. The molecule has 0 heterocycles. The number of thiol groups is 1. The highest BCUT2D eigenvalue weighted by Gasteiger charge is 2.30. The van der Waals surface area contributed by atoms with Crippen LogP contribution in [0.1, 0.15) is 38.5 Å². The fourth-order valence-corrected chi connectivity index (χ4v) is 2.76. The molecule has 0 saturated carbocycles. The second-order valence-electron chi connectivity index (χ2n) is 7.18. The maximum atomic E-state index is 12.8. The van der Waals surface area contributed by atoms with Crippen molar-refractivity contribution in [3.8, 4) is 0 Å². The van der Waals surface area contributed by atoms with Crippen LogP contribution in [0, 0.1) is 0 Å². The Labute approximate surface area is 199 Å². The third-order valence-electron chi connectivity index (χ3n) is 4.40. The van der Waals surface area contributed by atoms with E-state index in [0.717, 1.165) is 0 Å². The van der Waals surface area contributed by atoms with Gasteiger partial charge in [-0.1, -0.05) is 0 Å². The van der Waals surface area contributed by atoms with Crippen molar-refractivity contribution >= 4 is 54.2 Å². The lowest BCUT2D eigenvalue weighted by molar-refractivity contribution is -0.142. The van der Waals surface area contributed by atoms with E-state index in [-0.39, 0.29) is 25.0 Å². The van der Waals surface area contributed by atoms with Gasteiger partial charge in [-0.05, 0) is 19.3 Å². The van der Waals surface area contributed by atoms with Crippen LogP contribution in [0.2, 0.25) is 0 Å². The van der Waals surface area contributed by atoms with E-state index >= 15 is 0 Å². The molecule has 0 aliphatic carbocycles. The highest BCUT2D eigenvalue weighted by molar-refractivity contribution is 7.80. The Morgan fingerprint density at radius 2 is 1.09 bits per heavy atom. The summed E-state index contributed by atoms with van der Waals surface area (Å²) in [4.78, 5) is 81.3. The molecule has 0 aromatic carbocycles. The fraction of sp³-hybridized carbons (Fsp3) is 0.611. The van der Waals surface area contributed by atoms with Gasteiger partial charge in [-0.25, -0.2) is 4.79 Å². The Kier molecular flexibility index (Phi) is 13.9. The van der Waals surface area contributed by atoms with Crippen LogP contribution >= 0.6 is 12.6 Å². The minimum absolute atomic E-state index is 0.241. The number of hydrogen-bond donors (Lipinski definition) is 9. The van der Waals surface area contributed by atoms with Gasteiger partial charge in [0.1, 0.15) is 18.1 Å². The summed E-state index contributed by atoms with van der Waals surface area (Å²) in [6.07, 6.45) is -2.29. The number of carboxylic acids is 3. The first-order valence-electron chi connectivity index (χ1n) is 10.0. The molecule has 16 heteroatoms. The van der Waals surface area contributed by atoms with E-state index < -0.39 is 85.0 Å². The molecule has 0 saturated heterocycles. The number of primary amides is 1. The van der Waals surface area contributed by atoms with Crippen molar-refractivity contribution in [2.45, 2.75) is 62.7 Å². The minimum atomic E-state index is -1.50. The average molecular weight is 508 g/mol. The molecule has 192 valence electrons. The summed E-state index contributed by atoms with van der Waals surface area (Å²) in [5.74, 6) is -7.89. The SMILES string of the molecule is NC(=O)CCC(NC(=O)C(N)CCC(=O)O)C(=O)NC(CCC(=O)O)C(=O)NC(CS)C(=O)O. The van der Waals surface area contributed by atoms with Crippen LogP contribution in [-0.2, 0) is 33.6 Å². The smallest absolute Gasteiger partial charge is 0.327 e. The number of carbonyl (C=O) groups is 7. The van der Waals surface area contributed by atoms with Crippen molar-refractivity contribution in [1.29, 1.82) is 0 Å². The van der Waals surface area contributed by atoms with Crippen LogP contribution in [0.3, 0.4) is 0 Å². The van der Waals surface area contributed by atoms with Gasteiger partial charge in [-0.15, -0.1) is 0 Å². The molecule has 0 fully saturated rings. The van der Waals surface area contributed by atoms with Crippen LogP contribution in [0.5, 0.6) is 0 Å². The summed E-state index contributed by atoms with van der Waals surface area (Å²) in [6, 6.07) is -5.65. The maximum absolute atomic E-state index is 12.8. The maximum Gasteiger partial charge on any atom is 0.327 e. The van der Waals surface area contributed by atoms with Gasteiger partial charge < -0.3 is 42.7 Å². The van der Waals surface area contributed by atoms with Crippen LogP contribution in [-0.4, -0.2) is 86.8 Å². The minimum Gasteiger partial charge on any atom is -0.481 e. The average Bonchev–Trinajstić information content (AvgIpc) is 2.74. The summed E-state index contributed by atoms with van der Waals surface area (Å²) >= 11 is 3.80. The molecule has 0 aromatic heterocycles. The number of carbonyl (C=O) groups excluding carboxylic acids is 4. The van der Waals surface area contributed by atoms with E-state index in [1.54, 1.807) is 0 Å². The van der Waals surface area contributed by atoms with Gasteiger partial charge in [-0.3, -0.25) is 28.8 Å². The highest BCUT2D eigenvalue weighted by Crippen LogP contribution is 2.05. The largest absolute Gasteiger partial charge is 0.481 e. The highest BCUT2D eigenvalue weighted by atomic mass is 32.1. The number of hydrogen-bond acceptors (Lipinski definition) is 9. The Hall–Kier alpha value is -3.40. The van der Waals surface area contributed by atoms with Crippen LogP contribution in [0.4, 0.5) is 0 Å². The van der Waals surface area contributed by atoms with Crippen LogP contribution in [0.15, 0.2) is 0 Å². The van der Waals surface area contributed by atoms with Gasteiger partial charge in [0.05, 0.1) is 6.04 Å². The first-order valence-corrected chi connectivity index (χ1v) is 10.6. The molecule has 0 aromatic rings. The number of carboxylic acid groups (broad SMARTS) is 3. The molecular formula is C18H29N5O10S. The Balaban J connectivity index is 5.52. The summed E-state index contributed by atoms with van der Waals surface area (Å²) in [6.45, 7) is 0. The number of nitrogens with two attached hydrogens (primary N) is 2. The lowest BCUT2D eigenvalue weighted by Crippen LogP contribution is -2.57. The Morgan fingerprint density at radius 1 is 0.676 bits per heavy atom. The van der Waals surface area contributed by atoms with E-state index in [0.29, 0.717) is 0 Å². The summed E-state index contributed by atoms with van der Waals surface area (Å²) in [5.41, 5.74) is 10.7. The van der Waals surface area contributed by atoms with Crippen molar-refractivity contribution in [3.05, 3.63) is 0 Å². The van der Waals surface area contributed by atoms with Crippen molar-refractivity contribution in [2.24, 2.45) is 11.5 Å². The van der Waals surface area contributed by atoms with Gasteiger partial charge in [0.15, 0.2) is 0 Å². The van der Waals surface area contributed by atoms with Gasteiger partial charge in [0, 0.05) is 25.0 Å². The second-order valence-corrected chi connectivity index (χ2v) is 7.55. The quantitative estimate of drug-likeness (QED) is 0.0883. The second kappa shape index (κ2) is 15.4. The van der Waals surface area contributed by atoms with Gasteiger partial charge >= 0.3 is 17.9 Å². The van der Waals surface area contributed by atoms with Crippen molar-refractivity contribution in [3.63, 3.8) is 0 Å². The zero-order valence-corrected chi connectivity index (χ0v) is 19.0. The number of amides is 4. The molecule has 4 unspecified atom stereocenters. The number of rotatable bonds is 17. The van der Waals surface area contributed by atoms with Gasteiger partial charge in [0.25, 0.3) is 0 Å². The Morgan fingerprint density at radius 3 is 1.50 bits per heavy atom. The molecule has 4 amide bonds. The van der Waals surface area contributed by atoms with Crippen LogP contribution < -0.4 is 27.4 Å². The lowest BCUT2D eigenvalue weighted by atomic mass is 10.1. The van der Waals surface area contributed by atoms with Gasteiger partial charge in [-0.2, -0.15) is 12.6 Å². The summed E-state index contributed by atoms with van der Waals surface area (Å²) < 4.78 is 0. The molecule has 10 N–H and O–H groups in total. The first kappa shape index (κ1) is 30.6. The number of aliphatic carboxylic acids is 3. The molecule has 0 aliphatic heterocycles. The Bertz CT molecular complexity index is 793. The van der Waals surface area contributed by atoms with Crippen LogP contribution in [0.25, 0.3) is 0 Å². The van der Waals surface area contributed by atoms with E-state index in [9.17, 15) is 33.6 Å². The molecule has 34 heavy (non-hydrogen) atoms. The van der Waals surface area contributed by atoms with Crippen molar-refractivity contribution in [2.75, 3.05) is 5.75 Å². The topological polar surface area (TPSA) is 268 Å². The lowest BCUT2D eigenvalue weighted by Gasteiger charge is -2.24. The fourth-order valence-electron chi connectivity index (χ4n) is 2.51.